The van der Waals surface area contributed by atoms with Gasteiger partial charge in [0.1, 0.15) is 5.75 Å². The minimum Gasteiger partial charge on any atom is -0.497 e. The van der Waals surface area contributed by atoms with Gasteiger partial charge in [0, 0.05) is 16.5 Å². The highest BCUT2D eigenvalue weighted by molar-refractivity contribution is 7.14. The molecule has 2 aromatic carbocycles. The number of amides is 1. The van der Waals surface area contributed by atoms with E-state index in [2.05, 4.69) is 28.5 Å². The molecule has 4 rings (SSSR count). The van der Waals surface area contributed by atoms with Crippen molar-refractivity contribution in [1.82, 2.24) is 4.98 Å². The van der Waals surface area contributed by atoms with E-state index < -0.39 is 0 Å². The molecule has 1 aliphatic rings. The smallest absolute Gasteiger partial charge is 0.257 e. The number of anilines is 1. The first-order valence-electron chi connectivity index (χ1n) is 8.76. The number of hydrogen-bond donors (Lipinski definition) is 1. The fraction of sp³-hybridized carbons (Fsp3) is 0.238. The van der Waals surface area contributed by atoms with Crippen LogP contribution < -0.4 is 10.1 Å². The molecule has 1 heterocycles. The molecule has 0 spiro atoms. The average Bonchev–Trinajstić information content (AvgIpc) is 3.16. The van der Waals surface area contributed by atoms with E-state index in [-0.39, 0.29) is 5.91 Å². The Hall–Kier alpha value is -2.66. The van der Waals surface area contributed by atoms with Gasteiger partial charge in [0.15, 0.2) is 5.13 Å². The fourth-order valence-electron chi connectivity index (χ4n) is 3.29. The fourth-order valence-corrected chi connectivity index (χ4v) is 4.00. The van der Waals surface area contributed by atoms with E-state index >= 15 is 0 Å². The zero-order valence-electron chi connectivity index (χ0n) is 14.6. The zero-order chi connectivity index (χ0) is 17.9. The number of nitrogens with zero attached hydrogens (tertiary/aromatic N) is 1. The lowest BCUT2D eigenvalue weighted by Gasteiger charge is -2.16. The van der Waals surface area contributed by atoms with Gasteiger partial charge < -0.3 is 4.74 Å². The van der Waals surface area contributed by atoms with Crippen molar-refractivity contribution in [2.45, 2.75) is 25.7 Å². The summed E-state index contributed by atoms with van der Waals surface area (Å²) in [6, 6.07) is 13.7. The lowest BCUT2D eigenvalue weighted by Crippen LogP contribution is -2.11. The Morgan fingerprint density at radius 2 is 1.96 bits per heavy atom. The van der Waals surface area contributed by atoms with Gasteiger partial charge in [-0.05, 0) is 61.1 Å². The molecule has 1 aliphatic carbocycles. The minimum absolute atomic E-state index is 0.185. The summed E-state index contributed by atoms with van der Waals surface area (Å²) in [6.45, 7) is 0. The Bertz CT molecular complexity index is 949. The summed E-state index contributed by atoms with van der Waals surface area (Å²) in [5.41, 5.74) is 5.47. The lowest BCUT2D eigenvalue weighted by molar-refractivity contribution is 0.102. The van der Waals surface area contributed by atoms with Gasteiger partial charge in [0.2, 0.25) is 0 Å². The van der Waals surface area contributed by atoms with Gasteiger partial charge in [-0.1, -0.05) is 18.2 Å². The second-order valence-corrected chi connectivity index (χ2v) is 7.27. The largest absolute Gasteiger partial charge is 0.497 e. The van der Waals surface area contributed by atoms with Crippen LogP contribution in [-0.4, -0.2) is 18.0 Å². The van der Waals surface area contributed by atoms with E-state index in [0.29, 0.717) is 16.4 Å². The van der Waals surface area contributed by atoms with Crippen molar-refractivity contribution < 1.29 is 9.53 Å². The predicted molar refractivity (Wildman–Crippen MR) is 105 cm³/mol. The molecule has 1 aromatic heterocycles. The van der Waals surface area contributed by atoms with E-state index in [1.54, 1.807) is 25.3 Å². The van der Waals surface area contributed by atoms with E-state index in [9.17, 15) is 4.79 Å². The third kappa shape index (κ3) is 3.48. The summed E-state index contributed by atoms with van der Waals surface area (Å²) in [7, 11) is 1.59. The normalized spacial score (nSPS) is 13.1. The number of aromatic nitrogens is 1. The van der Waals surface area contributed by atoms with Gasteiger partial charge in [-0.15, -0.1) is 11.3 Å². The summed E-state index contributed by atoms with van der Waals surface area (Å²) in [4.78, 5) is 17.0. The van der Waals surface area contributed by atoms with Gasteiger partial charge in [-0.2, -0.15) is 0 Å². The van der Waals surface area contributed by atoms with Gasteiger partial charge in [0.05, 0.1) is 12.8 Å². The number of carbonyl (C=O) groups is 1. The zero-order valence-corrected chi connectivity index (χ0v) is 15.4. The molecule has 0 saturated heterocycles. The van der Waals surface area contributed by atoms with Gasteiger partial charge in [0.25, 0.3) is 5.91 Å². The summed E-state index contributed by atoms with van der Waals surface area (Å²) >= 11 is 1.44. The molecule has 5 heteroatoms. The molecular weight excluding hydrogens is 344 g/mol. The van der Waals surface area contributed by atoms with E-state index in [0.717, 1.165) is 17.7 Å². The summed E-state index contributed by atoms with van der Waals surface area (Å²) < 4.78 is 5.17. The number of aryl methyl sites for hydroxylation is 2. The number of nitrogens with one attached hydrogen (secondary N) is 1. The molecule has 1 amide bonds. The van der Waals surface area contributed by atoms with Crippen LogP contribution in [0, 0.1) is 0 Å². The molecule has 0 radical (unpaired) electrons. The number of hydrogen-bond acceptors (Lipinski definition) is 4. The van der Waals surface area contributed by atoms with Gasteiger partial charge in [-0.25, -0.2) is 4.98 Å². The first kappa shape index (κ1) is 16.8. The van der Waals surface area contributed by atoms with Crippen LogP contribution in [0.3, 0.4) is 0 Å². The van der Waals surface area contributed by atoms with Crippen LogP contribution >= 0.6 is 11.3 Å². The Kier molecular flexibility index (Phi) is 4.71. The molecule has 0 atom stereocenters. The number of carbonyl (C=O) groups excluding carboxylic acids is 1. The Morgan fingerprint density at radius 1 is 1.12 bits per heavy atom. The monoisotopic (exact) mass is 364 g/mol. The van der Waals surface area contributed by atoms with Crippen LogP contribution in [0.2, 0.25) is 0 Å². The molecule has 0 unspecified atom stereocenters. The van der Waals surface area contributed by atoms with Crippen LogP contribution in [-0.2, 0) is 12.8 Å². The molecule has 132 valence electrons. The Balaban J connectivity index is 1.52. The number of ether oxygens (including phenoxy) is 1. The minimum atomic E-state index is -0.185. The standard InChI is InChI=1S/C21H20N2O2S/c1-25-18-8-4-7-17(12-18)20(24)23-21-22-19(13-26-21)16-10-9-14-5-2-3-6-15(14)11-16/h4,7-13H,2-3,5-6H2,1H3,(H,22,23,24). The van der Waals surface area contributed by atoms with Crippen LogP contribution in [0.1, 0.15) is 34.3 Å². The summed E-state index contributed by atoms with van der Waals surface area (Å²) in [5, 5.41) is 5.47. The quantitative estimate of drug-likeness (QED) is 0.713. The van der Waals surface area contributed by atoms with Crippen LogP contribution in [0.15, 0.2) is 47.8 Å². The second-order valence-electron chi connectivity index (χ2n) is 6.41. The molecule has 26 heavy (non-hydrogen) atoms. The van der Waals surface area contributed by atoms with Crippen molar-refractivity contribution in [3.8, 4) is 17.0 Å². The maximum absolute atomic E-state index is 12.4. The maximum atomic E-state index is 12.4. The molecule has 0 bridgehead atoms. The van der Waals surface area contributed by atoms with Crippen molar-refractivity contribution >= 4 is 22.4 Å². The summed E-state index contributed by atoms with van der Waals surface area (Å²) in [5.74, 6) is 0.474. The third-order valence-corrected chi connectivity index (χ3v) is 5.46. The molecule has 3 aromatic rings. The first-order valence-corrected chi connectivity index (χ1v) is 9.64. The number of fused-ring (bicyclic) bond motifs is 1. The topological polar surface area (TPSA) is 51.2 Å². The van der Waals surface area contributed by atoms with E-state index in [4.69, 9.17) is 4.74 Å². The lowest BCUT2D eigenvalue weighted by atomic mass is 9.90. The molecule has 0 aliphatic heterocycles. The molecular formula is C21H20N2O2S. The highest BCUT2D eigenvalue weighted by Crippen LogP contribution is 2.29. The van der Waals surface area contributed by atoms with Crippen molar-refractivity contribution in [2.75, 3.05) is 12.4 Å². The van der Waals surface area contributed by atoms with E-state index in [1.165, 1.54) is 41.7 Å². The second kappa shape index (κ2) is 7.30. The van der Waals surface area contributed by atoms with Crippen LogP contribution in [0.4, 0.5) is 5.13 Å². The van der Waals surface area contributed by atoms with Crippen molar-refractivity contribution in [2.24, 2.45) is 0 Å². The number of methoxy groups -OCH3 is 1. The number of thiazole rings is 1. The van der Waals surface area contributed by atoms with Crippen LogP contribution in [0.25, 0.3) is 11.3 Å². The van der Waals surface area contributed by atoms with Crippen molar-refractivity contribution in [3.63, 3.8) is 0 Å². The highest BCUT2D eigenvalue weighted by atomic mass is 32.1. The van der Waals surface area contributed by atoms with Crippen molar-refractivity contribution in [1.29, 1.82) is 0 Å². The van der Waals surface area contributed by atoms with E-state index in [1.807, 2.05) is 11.4 Å². The van der Waals surface area contributed by atoms with Crippen LogP contribution in [0.5, 0.6) is 5.75 Å². The van der Waals surface area contributed by atoms with Crippen molar-refractivity contribution in [3.05, 3.63) is 64.5 Å². The highest BCUT2D eigenvalue weighted by Gasteiger charge is 2.13. The number of rotatable bonds is 4. The number of benzene rings is 2. The average molecular weight is 364 g/mol. The SMILES string of the molecule is COc1cccc(C(=O)Nc2nc(-c3ccc4c(c3)CCCC4)cs2)c1. The molecule has 4 nitrogen and oxygen atoms in total. The first-order chi connectivity index (χ1) is 12.7. The molecule has 0 fully saturated rings. The van der Waals surface area contributed by atoms with Gasteiger partial charge >= 0.3 is 0 Å². The maximum Gasteiger partial charge on any atom is 0.257 e. The Labute approximate surface area is 156 Å². The third-order valence-electron chi connectivity index (χ3n) is 4.70. The Morgan fingerprint density at radius 3 is 2.81 bits per heavy atom. The molecule has 0 saturated carbocycles. The van der Waals surface area contributed by atoms with Gasteiger partial charge in [-0.3, -0.25) is 10.1 Å². The predicted octanol–water partition coefficient (Wildman–Crippen LogP) is 4.95. The molecule has 1 N–H and O–H groups in total. The summed E-state index contributed by atoms with van der Waals surface area (Å²) in [6.07, 6.45) is 4.86.